The van der Waals surface area contributed by atoms with E-state index in [1.165, 1.54) is 15.9 Å². The smallest absolute Gasteiger partial charge is 0.409 e. The largest absolute Gasteiger partial charge is 0.481 e. The molecule has 1 aromatic heterocycles. The molecule has 4 rings (SSSR count). The molecule has 2 aromatic rings. The van der Waals surface area contributed by atoms with Gasteiger partial charge in [-0.2, -0.15) is 4.98 Å². The van der Waals surface area contributed by atoms with Crippen molar-refractivity contribution in [2.45, 2.75) is 57.6 Å². The summed E-state index contributed by atoms with van der Waals surface area (Å²) in [5.41, 5.74) is 0.716. The van der Waals surface area contributed by atoms with E-state index in [0.717, 1.165) is 25.7 Å². The second-order valence-corrected chi connectivity index (χ2v) is 9.78. The molecule has 1 aliphatic carbocycles. The van der Waals surface area contributed by atoms with Crippen LogP contribution in [0.4, 0.5) is 4.79 Å². The molecule has 1 aromatic carbocycles. The van der Waals surface area contributed by atoms with Gasteiger partial charge < -0.3 is 29.7 Å². The van der Waals surface area contributed by atoms with Gasteiger partial charge in [-0.1, -0.05) is 30.3 Å². The Balaban J connectivity index is 1.52. The number of nitrogens with zero attached hydrogens (tertiary/aromatic N) is 4. The SMILES string of the molecule is CCOC(=O)N1CCN(C(=O)[C@H](CCC(=O)O)NC(=O)c2cc(OC3CCCC3)nc(-c3ccccc3)n2)CC1. The number of carbonyl (C=O) groups is 4. The Kier molecular flexibility index (Phi) is 9.87. The molecule has 12 nitrogen and oxygen atoms in total. The number of rotatable bonds is 10. The van der Waals surface area contributed by atoms with Gasteiger partial charge in [0.15, 0.2) is 5.82 Å². The van der Waals surface area contributed by atoms with Crippen molar-refractivity contribution in [2.24, 2.45) is 0 Å². The maximum atomic E-state index is 13.4. The quantitative estimate of drug-likeness (QED) is 0.452. The predicted molar refractivity (Wildman–Crippen MR) is 144 cm³/mol. The minimum atomic E-state index is -1.09. The molecule has 3 amide bonds. The minimum absolute atomic E-state index is 0.00704. The van der Waals surface area contributed by atoms with E-state index >= 15 is 0 Å². The zero-order valence-corrected chi connectivity index (χ0v) is 22.6. The molecule has 1 aliphatic heterocycles. The highest BCUT2D eigenvalue weighted by molar-refractivity contribution is 5.96. The molecule has 214 valence electrons. The summed E-state index contributed by atoms with van der Waals surface area (Å²) in [6.45, 7) is 3.00. The topological polar surface area (TPSA) is 151 Å². The zero-order valence-electron chi connectivity index (χ0n) is 22.6. The monoisotopic (exact) mass is 553 g/mol. The van der Waals surface area contributed by atoms with Crippen LogP contribution in [0, 0.1) is 0 Å². The second kappa shape index (κ2) is 13.7. The number of carboxylic acids is 1. The van der Waals surface area contributed by atoms with Crippen molar-refractivity contribution in [1.29, 1.82) is 0 Å². The molecule has 0 radical (unpaired) electrons. The number of ether oxygens (including phenoxy) is 2. The summed E-state index contributed by atoms with van der Waals surface area (Å²) in [6, 6.07) is 9.55. The molecule has 0 bridgehead atoms. The van der Waals surface area contributed by atoms with Crippen LogP contribution in [0.2, 0.25) is 0 Å². The Labute approximate surface area is 232 Å². The molecule has 2 N–H and O–H groups in total. The van der Waals surface area contributed by atoms with Crippen molar-refractivity contribution in [3.8, 4) is 17.3 Å². The van der Waals surface area contributed by atoms with Gasteiger partial charge in [0, 0.05) is 44.2 Å². The summed E-state index contributed by atoms with van der Waals surface area (Å²) in [7, 11) is 0. The molecule has 2 heterocycles. The Hall–Kier alpha value is -4.22. The van der Waals surface area contributed by atoms with E-state index in [9.17, 15) is 24.3 Å². The lowest BCUT2D eigenvalue weighted by atomic mass is 10.1. The highest BCUT2D eigenvalue weighted by Crippen LogP contribution is 2.25. The number of hydrogen-bond donors (Lipinski definition) is 2. The zero-order chi connectivity index (χ0) is 28.5. The van der Waals surface area contributed by atoms with Crippen LogP contribution in [0.3, 0.4) is 0 Å². The van der Waals surface area contributed by atoms with Crippen LogP contribution in [0.15, 0.2) is 36.4 Å². The molecular formula is C28H35N5O7. The minimum Gasteiger partial charge on any atom is -0.481 e. The number of piperazine rings is 1. The number of aromatic nitrogens is 2. The van der Waals surface area contributed by atoms with Crippen LogP contribution < -0.4 is 10.1 Å². The van der Waals surface area contributed by atoms with Crippen molar-refractivity contribution < 1.29 is 33.8 Å². The Morgan fingerprint density at radius 3 is 2.35 bits per heavy atom. The molecule has 1 saturated carbocycles. The molecule has 1 atom stereocenters. The van der Waals surface area contributed by atoms with Crippen molar-refractivity contribution in [3.63, 3.8) is 0 Å². The van der Waals surface area contributed by atoms with Crippen LogP contribution >= 0.6 is 0 Å². The first-order chi connectivity index (χ1) is 19.3. The van der Waals surface area contributed by atoms with E-state index in [2.05, 4.69) is 15.3 Å². The number of carboxylic acid groups (broad SMARTS) is 1. The van der Waals surface area contributed by atoms with E-state index in [1.54, 1.807) is 6.92 Å². The second-order valence-electron chi connectivity index (χ2n) is 9.78. The summed E-state index contributed by atoms with van der Waals surface area (Å²) in [6.07, 6.45) is 3.09. The average molecular weight is 554 g/mol. The average Bonchev–Trinajstić information content (AvgIpc) is 3.48. The Morgan fingerprint density at radius 2 is 1.70 bits per heavy atom. The van der Waals surface area contributed by atoms with E-state index in [4.69, 9.17) is 9.47 Å². The molecule has 0 unspecified atom stereocenters. The lowest BCUT2D eigenvalue weighted by molar-refractivity contribution is -0.138. The Morgan fingerprint density at radius 1 is 1.02 bits per heavy atom. The summed E-state index contributed by atoms with van der Waals surface area (Å²) in [4.78, 5) is 62.1. The molecule has 40 heavy (non-hydrogen) atoms. The molecule has 0 spiro atoms. The van der Waals surface area contributed by atoms with Gasteiger partial charge in [0.05, 0.1) is 6.61 Å². The highest BCUT2D eigenvalue weighted by Gasteiger charge is 2.31. The summed E-state index contributed by atoms with van der Waals surface area (Å²) in [5, 5.41) is 11.9. The molecule has 1 saturated heterocycles. The van der Waals surface area contributed by atoms with E-state index in [1.807, 2.05) is 30.3 Å². The fourth-order valence-corrected chi connectivity index (χ4v) is 4.80. The lowest BCUT2D eigenvalue weighted by Gasteiger charge is -2.35. The maximum Gasteiger partial charge on any atom is 0.409 e. The van der Waals surface area contributed by atoms with Gasteiger partial charge >= 0.3 is 12.1 Å². The highest BCUT2D eigenvalue weighted by atomic mass is 16.6. The van der Waals surface area contributed by atoms with Gasteiger partial charge in [-0.05, 0) is 39.0 Å². The Bertz CT molecular complexity index is 1190. The number of benzene rings is 1. The summed E-state index contributed by atoms with van der Waals surface area (Å²) >= 11 is 0. The number of aliphatic carboxylic acids is 1. The lowest BCUT2D eigenvalue weighted by Crippen LogP contribution is -2.56. The van der Waals surface area contributed by atoms with Crippen LogP contribution in [-0.2, 0) is 14.3 Å². The van der Waals surface area contributed by atoms with Crippen LogP contribution in [0.1, 0.15) is 55.9 Å². The fraction of sp³-hybridized carbons (Fsp3) is 0.500. The molecular weight excluding hydrogens is 518 g/mol. The summed E-state index contributed by atoms with van der Waals surface area (Å²) < 4.78 is 11.1. The van der Waals surface area contributed by atoms with Crippen LogP contribution in [0.5, 0.6) is 5.88 Å². The van der Waals surface area contributed by atoms with Gasteiger partial charge in [-0.3, -0.25) is 14.4 Å². The van der Waals surface area contributed by atoms with E-state index < -0.39 is 29.9 Å². The fourth-order valence-electron chi connectivity index (χ4n) is 4.80. The van der Waals surface area contributed by atoms with Crippen molar-refractivity contribution in [2.75, 3.05) is 32.8 Å². The van der Waals surface area contributed by atoms with Crippen molar-refractivity contribution in [1.82, 2.24) is 25.1 Å². The number of nitrogens with one attached hydrogen (secondary N) is 1. The number of carbonyl (C=O) groups excluding carboxylic acids is 3. The third-order valence-corrected chi connectivity index (χ3v) is 6.92. The van der Waals surface area contributed by atoms with Crippen molar-refractivity contribution >= 4 is 23.9 Å². The molecule has 2 aliphatic rings. The van der Waals surface area contributed by atoms with Crippen LogP contribution in [-0.4, -0.2) is 93.7 Å². The van der Waals surface area contributed by atoms with E-state index in [0.29, 0.717) is 11.4 Å². The normalized spacial score (nSPS) is 16.3. The molecule has 2 fully saturated rings. The number of amides is 3. The van der Waals surface area contributed by atoms with Gasteiger partial charge in [-0.25, -0.2) is 9.78 Å². The first kappa shape index (κ1) is 28.8. The first-order valence-electron chi connectivity index (χ1n) is 13.7. The molecule has 12 heteroatoms. The summed E-state index contributed by atoms with van der Waals surface area (Å²) in [5.74, 6) is -1.55. The van der Waals surface area contributed by atoms with Gasteiger partial charge in [0.2, 0.25) is 11.8 Å². The third-order valence-electron chi connectivity index (χ3n) is 6.92. The van der Waals surface area contributed by atoms with Crippen molar-refractivity contribution in [3.05, 3.63) is 42.1 Å². The standard InChI is InChI=1S/C28H35N5O7/c1-2-39-28(38)33-16-14-32(15-17-33)27(37)21(12-13-24(34)35)30-26(36)22-18-23(40-20-10-6-7-11-20)31-25(29-22)19-8-4-3-5-9-19/h3-5,8-9,18,20-21H,2,6-7,10-17H2,1H3,(H,30,36)(H,34,35)/t21-/m0/s1. The third kappa shape index (κ3) is 7.67. The van der Waals surface area contributed by atoms with Crippen LogP contribution in [0.25, 0.3) is 11.4 Å². The van der Waals surface area contributed by atoms with Gasteiger partial charge in [0.25, 0.3) is 5.91 Å². The maximum absolute atomic E-state index is 13.4. The van der Waals surface area contributed by atoms with Gasteiger partial charge in [-0.15, -0.1) is 0 Å². The van der Waals surface area contributed by atoms with Gasteiger partial charge in [0.1, 0.15) is 17.8 Å². The number of hydrogen-bond acceptors (Lipinski definition) is 8. The van der Waals surface area contributed by atoms with E-state index in [-0.39, 0.29) is 63.3 Å². The first-order valence-corrected chi connectivity index (χ1v) is 13.7. The predicted octanol–water partition coefficient (Wildman–Crippen LogP) is 2.73.